The van der Waals surface area contributed by atoms with Gasteiger partial charge in [-0.15, -0.1) is 0 Å². The zero-order chi connectivity index (χ0) is 14.6. The highest BCUT2D eigenvalue weighted by atomic mass is 32.2. The molecule has 1 saturated heterocycles. The van der Waals surface area contributed by atoms with E-state index in [-0.39, 0.29) is 23.5 Å². The maximum absolute atomic E-state index is 11.6. The lowest BCUT2D eigenvalue weighted by atomic mass is 10.1. The third kappa shape index (κ3) is 4.23. The maximum Gasteiger partial charge on any atom is 0.224 e. The average Bonchev–Trinajstić information content (AvgIpc) is 2.37. The molecule has 1 aliphatic rings. The molecule has 1 heterocycles. The van der Waals surface area contributed by atoms with Crippen LogP contribution in [0.25, 0.3) is 0 Å². The Labute approximate surface area is 119 Å². The minimum atomic E-state index is -2.92. The van der Waals surface area contributed by atoms with Crippen molar-refractivity contribution < 1.29 is 13.2 Å². The summed E-state index contributed by atoms with van der Waals surface area (Å²) in [6.45, 7) is 1.80. The smallest absolute Gasteiger partial charge is 0.224 e. The van der Waals surface area contributed by atoms with Gasteiger partial charge in [0.1, 0.15) is 0 Å². The molecule has 5 nitrogen and oxygen atoms in total. The van der Waals surface area contributed by atoms with E-state index in [2.05, 4.69) is 10.6 Å². The number of nitrogens with one attached hydrogen (secondary N) is 2. The molecule has 1 amide bonds. The summed E-state index contributed by atoms with van der Waals surface area (Å²) in [5.41, 5.74) is 1.56. The number of amides is 1. The highest BCUT2D eigenvalue weighted by Crippen LogP contribution is 2.20. The summed E-state index contributed by atoms with van der Waals surface area (Å²) >= 11 is 0. The van der Waals surface area contributed by atoms with E-state index in [9.17, 15) is 13.2 Å². The fourth-order valence-corrected chi connectivity index (χ4v) is 3.94. The monoisotopic (exact) mass is 296 g/mol. The molecule has 0 aliphatic carbocycles. The fraction of sp³-hybridized carbons (Fsp3) is 0.500. The number of anilines is 2. The molecule has 2 rings (SSSR count). The van der Waals surface area contributed by atoms with Gasteiger partial charge in [0, 0.05) is 23.8 Å². The number of hydrogen-bond acceptors (Lipinski definition) is 4. The average molecular weight is 296 g/mol. The van der Waals surface area contributed by atoms with Gasteiger partial charge in [-0.1, -0.05) is 13.0 Å². The Balaban J connectivity index is 2.02. The lowest BCUT2D eigenvalue weighted by molar-refractivity contribution is -0.115. The van der Waals surface area contributed by atoms with E-state index in [1.807, 2.05) is 24.3 Å². The zero-order valence-corrected chi connectivity index (χ0v) is 12.4. The lowest BCUT2D eigenvalue weighted by Crippen LogP contribution is -2.34. The van der Waals surface area contributed by atoms with Crippen LogP contribution in [0.3, 0.4) is 0 Å². The van der Waals surface area contributed by atoms with Crippen LogP contribution in [0.2, 0.25) is 0 Å². The summed E-state index contributed by atoms with van der Waals surface area (Å²) in [5.74, 6) is 0.429. The van der Waals surface area contributed by atoms with Gasteiger partial charge in [-0.2, -0.15) is 0 Å². The van der Waals surface area contributed by atoms with Crippen LogP contribution in [0.1, 0.15) is 26.2 Å². The number of rotatable bonds is 4. The van der Waals surface area contributed by atoms with Gasteiger partial charge in [-0.3, -0.25) is 4.79 Å². The van der Waals surface area contributed by atoms with Crippen molar-refractivity contribution in [2.45, 2.75) is 32.2 Å². The van der Waals surface area contributed by atoms with E-state index < -0.39 is 9.84 Å². The molecular weight excluding hydrogens is 276 g/mol. The van der Waals surface area contributed by atoms with Gasteiger partial charge in [0.2, 0.25) is 5.91 Å². The molecule has 1 aliphatic heterocycles. The van der Waals surface area contributed by atoms with E-state index in [1.54, 1.807) is 6.92 Å². The number of carbonyl (C=O) groups is 1. The first kappa shape index (κ1) is 14.8. The third-order valence-electron chi connectivity index (χ3n) is 3.30. The molecule has 1 fully saturated rings. The molecule has 6 heteroatoms. The first-order valence-electron chi connectivity index (χ1n) is 6.85. The van der Waals surface area contributed by atoms with Crippen LogP contribution >= 0.6 is 0 Å². The van der Waals surface area contributed by atoms with E-state index >= 15 is 0 Å². The third-order valence-corrected chi connectivity index (χ3v) is 5.12. The molecule has 20 heavy (non-hydrogen) atoms. The van der Waals surface area contributed by atoms with Crippen molar-refractivity contribution in [3.8, 4) is 0 Å². The minimum Gasteiger partial charge on any atom is -0.381 e. The SMILES string of the molecule is CCC(=O)Nc1cccc(NC2CCCS(=O)(=O)C2)c1. The second kappa shape index (κ2) is 6.26. The van der Waals surface area contributed by atoms with Gasteiger partial charge in [0.25, 0.3) is 0 Å². The van der Waals surface area contributed by atoms with Crippen molar-refractivity contribution >= 4 is 27.1 Å². The van der Waals surface area contributed by atoms with Crippen molar-refractivity contribution in [2.24, 2.45) is 0 Å². The van der Waals surface area contributed by atoms with Crippen molar-refractivity contribution in [3.05, 3.63) is 24.3 Å². The molecular formula is C14H20N2O3S. The zero-order valence-electron chi connectivity index (χ0n) is 11.6. The Kier molecular flexibility index (Phi) is 4.65. The second-order valence-electron chi connectivity index (χ2n) is 5.08. The molecule has 1 unspecified atom stereocenters. The summed E-state index contributed by atoms with van der Waals surface area (Å²) in [6.07, 6.45) is 1.98. The van der Waals surface area contributed by atoms with Gasteiger partial charge in [0.15, 0.2) is 9.84 Å². The predicted octanol–water partition coefficient (Wildman–Crippen LogP) is 2.02. The van der Waals surface area contributed by atoms with E-state index in [0.717, 1.165) is 17.8 Å². The fourth-order valence-electron chi connectivity index (χ4n) is 2.31. The molecule has 1 aromatic carbocycles. The van der Waals surface area contributed by atoms with Gasteiger partial charge < -0.3 is 10.6 Å². The van der Waals surface area contributed by atoms with Crippen molar-refractivity contribution in [1.29, 1.82) is 0 Å². The summed E-state index contributed by atoms with van der Waals surface area (Å²) in [4.78, 5) is 11.4. The Morgan fingerprint density at radius 1 is 1.35 bits per heavy atom. The largest absolute Gasteiger partial charge is 0.381 e. The highest BCUT2D eigenvalue weighted by molar-refractivity contribution is 7.91. The van der Waals surface area contributed by atoms with Crippen LogP contribution in [0.5, 0.6) is 0 Å². The molecule has 0 bridgehead atoms. The summed E-state index contributed by atoms with van der Waals surface area (Å²) in [7, 11) is -2.92. The molecule has 0 saturated carbocycles. The van der Waals surface area contributed by atoms with Gasteiger partial charge in [-0.05, 0) is 31.0 Å². The quantitative estimate of drug-likeness (QED) is 0.891. The Hall–Kier alpha value is -1.56. The molecule has 1 aromatic rings. The number of carbonyl (C=O) groups excluding carboxylic acids is 1. The number of benzene rings is 1. The van der Waals surface area contributed by atoms with Crippen LogP contribution in [-0.4, -0.2) is 31.9 Å². The Bertz CT molecular complexity index is 584. The van der Waals surface area contributed by atoms with Crippen molar-refractivity contribution in [3.63, 3.8) is 0 Å². The Morgan fingerprint density at radius 2 is 2.10 bits per heavy atom. The minimum absolute atomic E-state index is 0.0394. The van der Waals surface area contributed by atoms with Crippen LogP contribution in [0.15, 0.2) is 24.3 Å². The molecule has 1 atom stereocenters. The highest BCUT2D eigenvalue weighted by Gasteiger charge is 2.24. The molecule has 2 N–H and O–H groups in total. The standard InChI is InChI=1S/C14H20N2O3S/c1-2-14(17)16-12-6-3-5-11(9-12)15-13-7-4-8-20(18,19)10-13/h3,5-6,9,13,15H,2,4,7-8,10H2,1H3,(H,16,17). The van der Waals surface area contributed by atoms with Crippen LogP contribution in [0, 0.1) is 0 Å². The van der Waals surface area contributed by atoms with Gasteiger partial charge >= 0.3 is 0 Å². The van der Waals surface area contributed by atoms with Crippen LogP contribution in [0.4, 0.5) is 11.4 Å². The van der Waals surface area contributed by atoms with E-state index in [4.69, 9.17) is 0 Å². The number of hydrogen-bond donors (Lipinski definition) is 2. The van der Waals surface area contributed by atoms with Crippen LogP contribution < -0.4 is 10.6 Å². The lowest BCUT2D eigenvalue weighted by Gasteiger charge is -2.24. The first-order valence-corrected chi connectivity index (χ1v) is 8.67. The molecule has 0 spiro atoms. The summed E-state index contributed by atoms with van der Waals surface area (Å²) < 4.78 is 23.2. The maximum atomic E-state index is 11.6. The predicted molar refractivity (Wildman–Crippen MR) is 80.7 cm³/mol. The van der Waals surface area contributed by atoms with Gasteiger partial charge in [-0.25, -0.2) is 8.42 Å². The normalized spacial score (nSPS) is 21.1. The Morgan fingerprint density at radius 3 is 2.80 bits per heavy atom. The topological polar surface area (TPSA) is 75.3 Å². The summed E-state index contributed by atoms with van der Waals surface area (Å²) in [6, 6.07) is 7.31. The second-order valence-corrected chi connectivity index (χ2v) is 7.31. The van der Waals surface area contributed by atoms with E-state index in [1.165, 1.54) is 0 Å². The molecule has 110 valence electrons. The molecule has 0 radical (unpaired) electrons. The van der Waals surface area contributed by atoms with Crippen molar-refractivity contribution in [1.82, 2.24) is 0 Å². The first-order chi connectivity index (χ1) is 9.48. The number of sulfone groups is 1. The van der Waals surface area contributed by atoms with Crippen molar-refractivity contribution in [2.75, 3.05) is 22.1 Å². The van der Waals surface area contributed by atoms with Crippen LogP contribution in [-0.2, 0) is 14.6 Å². The van der Waals surface area contributed by atoms with Gasteiger partial charge in [0.05, 0.1) is 11.5 Å². The molecule has 0 aromatic heterocycles. The van der Waals surface area contributed by atoms with E-state index in [0.29, 0.717) is 12.8 Å². The summed E-state index contributed by atoms with van der Waals surface area (Å²) in [5, 5.41) is 6.03.